The zero-order valence-electron chi connectivity index (χ0n) is 14.3. The van der Waals surface area contributed by atoms with Gasteiger partial charge in [0.25, 0.3) is 5.91 Å². The van der Waals surface area contributed by atoms with Gasteiger partial charge < -0.3 is 15.5 Å². The first kappa shape index (κ1) is 15.7. The summed E-state index contributed by atoms with van der Waals surface area (Å²) in [5.74, 6) is 0.573. The van der Waals surface area contributed by atoms with Crippen molar-refractivity contribution in [3.8, 4) is 0 Å². The first-order chi connectivity index (χ1) is 11.5. The quantitative estimate of drug-likeness (QED) is 0.875. The van der Waals surface area contributed by atoms with Gasteiger partial charge in [-0.25, -0.2) is 0 Å². The van der Waals surface area contributed by atoms with Gasteiger partial charge in [0, 0.05) is 18.0 Å². The van der Waals surface area contributed by atoms with Gasteiger partial charge in [0.2, 0.25) is 0 Å². The molecule has 2 aromatic rings. The number of carbonyl (C=O) groups excluding carboxylic acids is 1. The zero-order chi connectivity index (χ0) is 16.8. The van der Waals surface area contributed by atoms with E-state index in [1.165, 1.54) is 16.0 Å². The molecule has 0 fully saturated rings. The molecule has 4 nitrogen and oxygen atoms in total. The van der Waals surface area contributed by atoms with Crippen LogP contribution in [0.5, 0.6) is 0 Å². The number of amides is 1. The van der Waals surface area contributed by atoms with Crippen molar-refractivity contribution in [1.82, 2.24) is 10.2 Å². The maximum absolute atomic E-state index is 12.7. The molecule has 0 saturated heterocycles. The van der Waals surface area contributed by atoms with Crippen LogP contribution in [0, 0.1) is 0 Å². The molecule has 2 N–H and O–H groups in total. The van der Waals surface area contributed by atoms with Gasteiger partial charge >= 0.3 is 0 Å². The van der Waals surface area contributed by atoms with Crippen molar-refractivity contribution in [2.24, 2.45) is 0 Å². The molecule has 0 saturated carbocycles. The number of thiophene rings is 1. The molecule has 0 radical (unpaired) electrons. The number of anilines is 1. The summed E-state index contributed by atoms with van der Waals surface area (Å²) in [4.78, 5) is 16.3. The maximum Gasteiger partial charge on any atom is 0.256 e. The summed E-state index contributed by atoms with van der Waals surface area (Å²) in [5, 5.41) is 7.69. The van der Waals surface area contributed by atoms with Crippen LogP contribution in [0.15, 0.2) is 24.3 Å². The van der Waals surface area contributed by atoms with Gasteiger partial charge in [-0.2, -0.15) is 0 Å². The number of nitrogens with one attached hydrogen (secondary N) is 2. The lowest BCUT2D eigenvalue weighted by atomic mass is 9.99. The monoisotopic (exact) mass is 341 g/mol. The van der Waals surface area contributed by atoms with Crippen LogP contribution in [0.3, 0.4) is 0 Å². The molecule has 126 valence electrons. The molecular weight excluding hydrogens is 318 g/mol. The first-order valence-electron chi connectivity index (χ1n) is 8.53. The summed E-state index contributed by atoms with van der Waals surface area (Å²) in [7, 11) is 2.13. The van der Waals surface area contributed by atoms with Crippen molar-refractivity contribution in [1.29, 1.82) is 0 Å². The fraction of sp³-hybridized carbons (Fsp3) is 0.421. The molecule has 0 bridgehead atoms. The average Bonchev–Trinajstić information content (AvgIpc) is 2.92. The third-order valence-corrected chi connectivity index (χ3v) is 6.11. The zero-order valence-corrected chi connectivity index (χ0v) is 15.2. The van der Waals surface area contributed by atoms with Gasteiger partial charge in [0.05, 0.1) is 5.56 Å². The van der Waals surface area contributed by atoms with E-state index < -0.39 is 0 Å². The van der Waals surface area contributed by atoms with E-state index in [1.54, 1.807) is 11.3 Å². The lowest BCUT2D eigenvalue weighted by molar-refractivity contribution is 0.0935. The molecule has 1 aromatic heterocycles. The van der Waals surface area contributed by atoms with Crippen molar-refractivity contribution in [3.63, 3.8) is 0 Å². The van der Waals surface area contributed by atoms with Crippen LogP contribution >= 0.6 is 11.3 Å². The highest BCUT2D eigenvalue weighted by atomic mass is 32.1. The van der Waals surface area contributed by atoms with E-state index in [4.69, 9.17) is 0 Å². The highest BCUT2D eigenvalue weighted by molar-refractivity contribution is 7.16. The molecule has 4 rings (SSSR count). The van der Waals surface area contributed by atoms with Crippen LogP contribution in [0.2, 0.25) is 0 Å². The number of hydrogen-bond acceptors (Lipinski definition) is 4. The van der Waals surface area contributed by atoms with Crippen LogP contribution < -0.4 is 10.6 Å². The smallest absolute Gasteiger partial charge is 0.256 e. The van der Waals surface area contributed by atoms with Crippen LogP contribution in [0.4, 0.5) is 5.00 Å². The lowest BCUT2D eigenvalue weighted by Crippen LogP contribution is -2.38. The van der Waals surface area contributed by atoms with Crippen LogP contribution in [0.1, 0.15) is 57.9 Å². The van der Waals surface area contributed by atoms with Gasteiger partial charge in [0.15, 0.2) is 0 Å². The highest BCUT2D eigenvalue weighted by Crippen LogP contribution is 2.40. The molecule has 0 unspecified atom stereocenters. The Morgan fingerprint density at radius 2 is 1.96 bits per heavy atom. The van der Waals surface area contributed by atoms with Crippen LogP contribution in [-0.4, -0.2) is 24.4 Å². The van der Waals surface area contributed by atoms with E-state index in [-0.39, 0.29) is 12.1 Å². The molecular formula is C19H23N3OS. The second-order valence-electron chi connectivity index (χ2n) is 7.07. The molecule has 1 aromatic carbocycles. The molecule has 1 atom stereocenters. The summed E-state index contributed by atoms with van der Waals surface area (Å²) in [6.07, 6.45) is 0.810. The van der Waals surface area contributed by atoms with E-state index in [1.807, 2.05) is 0 Å². The normalized spacial score (nSPS) is 20.3. The maximum atomic E-state index is 12.7. The Balaban J connectivity index is 1.63. The Hall–Kier alpha value is -1.85. The minimum absolute atomic E-state index is 0.0590. The van der Waals surface area contributed by atoms with Crippen molar-refractivity contribution in [2.75, 3.05) is 18.9 Å². The predicted molar refractivity (Wildman–Crippen MR) is 98.7 cm³/mol. The van der Waals surface area contributed by atoms with Gasteiger partial charge in [-0.05, 0) is 36.1 Å². The molecule has 2 aliphatic heterocycles. The van der Waals surface area contributed by atoms with Crippen molar-refractivity contribution in [2.45, 2.75) is 38.9 Å². The van der Waals surface area contributed by atoms with Crippen LogP contribution in [0.25, 0.3) is 0 Å². The topological polar surface area (TPSA) is 44.4 Å². The van der Waals surface area contributed by atoms with Crippen molar-refractivity contribution in [3.05, 3.63) is 51.4 Å². The Labute approximate surface area is 146 Å². The van der Waals surface area contributed by atoms with E-state index in [2.05, 4.69) is 60.7 Å². The van der Waals surface area contributed by atoms with Gasteiger partial charge in [0.1, 0.15) is 11.2 Å². The van der Waals surface area contributed by atoms with E-state index in [0.717, 1.165) is 35.6 Å². The molecule has 0 spiro atoms. The predicted octanol–water partition coefficient (Wildman–Crippen LogP) is 3.71. The third-order valence-electron chi connectivity index (χ3n) is 4.96. The molecule has 3 heterocycles. The largest absolute Gasteiger partial charge is 0.353 e. The Kier molecular flexibility index (Phi) is 3.85. The Morgan fingerprint density at radius 3 is 2.67 bits per heavy atom. The first-order valence-corrected chi connectivity index (χ1v) is 9.35. The molecule has 0 aliphatic carbocycles. The summed E-state index contributed by atoms with van der Waals surface area (Å²) in [6, 6.07) is 8.52. The standard InChI is InChI=1S/C19H23N3OS/c1-11(2)12-4-6-13(7-5-12)17-20-18(23)16-14-8-9-22(3)10-15(14)24-19(16)21-17/h4-7,11,17,21H,8-10H2,1-3H3,(H,20,23)/t17-/m0/s1. The second-order valence-corrected chi connectivity index (χ2v) is 8.17. The summed E-state index contributed by atoms with van der Waals surface area (Å²) in [5.41, 5.74) is 4.53. The number of fused-ring (bicyclic) bond motifs is 3. The third kappa shape index (κ3) is 2.62. The van der Waals surface area contributed by atoms with E-state index in [9.17, 15) is 4.79 Å². The molecule has 5 heteroatoms. The fourth-order valence-corrected chi connectivity index (χ4v) is 4.84. The summed E-state index contributed by atoms with van der Waals surface area (Å²) in [6.45, 7) is 6.34. The van der Waals surface area contributed by atoms with Crippen molar-refractivity contribution < 1.29 is 4.79 Å². The molecule has 1 amide bonds. The number of benzene rings is 1. The number of carbonyl (C=O) groups is 1. The second kappa shape index (κ2) is 5.90. The lowest BCUT2D eigenvalue weighted by Gasteiger charge is -2.27. The fourth-order valence-electron chi connectivity index (χ4n) is 3.48. The number of nitrogens with zero attached hydrogens (tertiary/aromatic N) is 1. The van der Waals surface area contributed by atoms with Gasteiger partial charge in [-0.3, -0.25) is 4.79 Å². The highest BCUT2D eigenvalue weighted by Gasteiger charge is 2.32. The average molecular weight is 341 g/mol. The Morgan fingerprint density at radius 1 is 1.21 bits per heavy atom. The van der Waals surface area contributed by atoms with Crippen LogP contribution in [-0.2, 0) is 13.0 Å². The van der Waals surface area contributed by atoms with E-state index >= 15 is 0 Å². The minimum atomic E-state index is -0.149. The summed E-state index contributed by atoms with van der Waals surface area (Å²) >= 11 is 1.74. The minimum Gasteiger partial charge on any atom is -0.353 e. The number of hydrogen-bond donors (Lipinski definition) is 2. The number of likely N-dealkylation sites (N-methyl/N-ethyl adjacent to an activating group) is 1. The Bertz CT molecular complexity index is 779. The molecule has 2 aliphatic rings. The SMILES string of the molecule is CC(C)c1ccc([C@H]2NC(=O)c3c(sc4c3CCN(C)C4)N2)cc1. The van der Waals surface area contributed by atoms with Crippen molar-refractivity contribution >= 4 is 22.2 Å². The van der Waals surface area contributed by atoms with E-state index in [0.29, 0.717) is 5.92 Å². The summed E-state index contributed by atoms with van der Waals surface area (Å²) < 4.78 is 0. The van der Waals surface area contributed by atoms with Gasteiger partial charge in [-0.1, -0.05) is 38.1 Å². The molecule has 24 heavy (non-hydrogen) atoms. The van der Waals surface area contributed by atoms with Gasteiger partial charge in [-0.15, -0.1) is 11.3 Å². The number of rotatable bonds is 2.